The summed E-state index contributed by atoms with van der Waals surface area (Å²) >= 11 is 0. The van der Waals surface area contributed by atoms with Gasteiger partial charge in [0.15, 0.2) is 29.8 Å². The number of nitrogens with zero attached hydrogens (tertiary/aromatic N) is 3. The fourth-order valence-electron chi connectivity index (χ4n) is 3.34. The molecule has 40 heavy (non-hydrogen) atoms. The molecule has 0 radical (unpaired) electrons. The Bertz CT molecular complexity index is 1400. The number of aliphatic hydroxyl groups excluding tert-OH is 6. The van der Waals surface area contributed by atoms with Gasteiger partial charge < -0.3 is 55.3 Å². The number of anilines is 1. The number of aromatic amines is 1. The number of phosphoric ester groups is 2. The lowest BCUT2D eigenvalue weighted by Gasteiger charge is -2.23. The predicted molar refractivity (Wildman–Crippen MR) is 121 cm³/mol. The van der Waals surface area contributed by atoms with Gasteiger partial charge in [0, 0.05) is 0 Å². The Hall–Kier alpha value is -2.69. The van der Waals surface area contributed by atoms with Crippen LogP contribution in [0.2, 0.25) is 0 Å². The van der Waals surface area contributed by atoms with Crippen LogP contribution < -0.4 is 11.3 Å². The Morgan fingerprint density at radius 2 is 1.82 bits per heavy atom. The van der Waals surface area contributed by atoms with Gasteiger partial charge in [0.2, 0.25) is 5.95 Å². The number of imidazole rings is 1. The van der Waals surface area contributed by atoms with Gasteiger partial charge >= 0.3 is 21.6 Å². The van der Waals surface area contributed by atoms with Crippen LogP contribution in [-0.4, -0.2) is 122 Å². The first-order chi connectivity index (χ1) is 18.5. The Labute approximate surface area is 220 Å². The molecule has 3 heterocycles. The summed E-state index contributed by atoms with van der Waals surface area (Å²) in [7, 11) is -11.5. The summed E-state index contributed by atoms with van der Waals surface area (Å²) in [6, 6.07) is 0. The van der Waals surface area contributed by atoms with Crippen molar-refractivity contribution in [2.75, 3.05) is 12.3 Å². The van der Waals surface area contributed by atoms with Gasteiger partial charge in [-0.3, -0.25) is 23.8 Å². The molecule has 0 saturated carbocycles. The van der Waals surface area contributed by atoms with Crippen molar-refractivity contribution in [1.29, 1.82) is 0 Å². The summed E-state index contributed by atoms with van der Waals surface area (Å²) in [5.41, 5.74) is 4.41. The van der Waals surface area contributed by atoms with Crippen LogP contribution in [0.4, 0.5) is 5.95 Å². The zero-order valence-electron chi connectivity index (χ0n) is 19.5. The van der Waals surface area contributed by atoms with Crippen LogP contribution in [0.3, 0.4) is 0 Å². The van der Waals surface area contributed by atoms with Gasteiger partial charge in [0.25, 0.3) is 5.56 Å². The van der Waals surface area contributed by atoms with Crippen molar-refractivity contribution < 1.29 is 77.2 Å². The molecule has 24 heteroatoms. The van der Waals surface area contributed by atoms with E-state index >= 15 is 0 Å². The summed E-state index contributed by atoms with van der Waals surface area (Å²) in [5, 5.41) is 58.3. The van der Waals surface area contributed by atoms with Gasteiger partial charge in [-0.1, -0.05) is 0 Å². The van der Waals surface area contributed by atoms with E-state index in [1.165, 1.54) is 0 Å². The molecular weight excluding hydrogens is 596 g/mol. The van der Waals surface area contributed by atoms with Crippen molar-refractivity contribution in [2.24, 2.45) is 0 Å². The van der Waals surface area contributed by atoms with Gasteiger partial charge in [0.1, 0.15) is 36.6 Å². The average molecular weight is 619 g/mol. The number of H-pyrrole nitrogens is 1. The molecule has 0 aliphatic carbocycles. The number of nitrogen functional groups attached to an aromatic ring is 1. The molecule has 1 saturated heterocycles. The van der Waals surface area contributed by atoms with Crippen molar-refractivity contribution in [1.82, 2.24) is 19.5 Å². The van der Waals surface area contributed by atoms with Crippen LogP contribution >= 0.6 is 15.6 Å². The maximum absolute atomic E-state index is 12.1. The summed E-state index contributed by atoms with van der Waals surface area (Å²) in [4.78, 5) is 63.3. The Kier molecular flexibility index (Phi) is 9.58. The maximum atomic E-state index is 12.1. The second-order valence-corrected chi connectivity index (χ2v) is 11.1. The molecule has 3 rings (SSSR count). The van der Waals surface area contributed by atoms with Crippen molar-refractivity contribution in [3.05, 3.63) is 16.7 Å². The number of nitrogens with two attached hydrogens (primary N) is 1. The number of hydrogen-bond donors (Lipinski definition) is 10. The highest BCUT2D eigenvalue weighted by Crippen LogP contribution is 2.60. The van der Waals surface area contributed by atoms with Crippen molar-refractivity contribution in [2.45, 2.75) is 49.0 Å². The number of rotatable bonds is 12. The normalized spacial score (nSPS) is 27.3. The first-order valence-corrected chi connectivity index (χ1v) is 13.6. The van der Waals surface area contributed by atoms with Crippen LogP contribution in [0.15, 0.2) is 11.1 Å². The SMILES string of the molecule is Nc1nc2c(ncn2C2OC(COP(=O)(O)OP(=O)(O)OC(=O)C(O)C(O)C(O)C(O)C=O)C(O)C2O)c(=O)[nH]1. The van der Waals surface area contributed by atoms with E-state index in [0.717, 1.165) is 10.9 Å². The van der Waals surface area contributed by atoms with E-state index in [1.807, 2.05) is 0 Å². The number of nitrogens with one attached hydrogen (secondary N) is 1. The highest BCUT2D eigenvalue weighted by atomic mass is 31.3. The summed E-state index contributed by atoms with van der Waals surface area (Å²) in [5.74, 6) is -2.49. The largest absolute Gasteiger partial charge is 0.538 e. The molecule has 11 N–H and O–H groups in total. The molecule has 1 fully saturated rings. The summed E-state index contributed by atoms with van der Waals surface area (Å²) < 4.78 is 42.7. The third-order valence-corrected chi connectivity index (χ3v) is 7.82. The van der Waals surface area contributed by atoms with E-state index < -0.39 is 82.7 Å². The predicted octanol–water partition coefficient (Wildman–Crippen LogP) is -5.26. The second-order valence-electron chi connectivity index (χ2n) is 8.10. The molecule has 0 bridgehead atoms. The van der Waals surface area contributed by atoms with Crippen molar-refractivity contribution >= 4 is 45.0 Å². The van der Waals surface area contributed by atoms with Gasteiger partial charge in [-0.25, -0.2) is 18.9 Å². The standard InChI is InChI=1S/C16H23N5O17P2/c17-16-19-12-6(13(29)20-16)18-3-21(12)14-10(27)8(25)5(36-14)2-35-39(31,32)38-40(33,34)37-15(30)11(28)9(26)7(24)4(23)1-22/h1,3-5,7-11,14,23-28H,2H2,(H,31,32)(H,33,34)(H3,17,19,20,29). The van der Waals surface area contributed by atoms with Gasteiger partial charge in [-0.2, -0.15) is 9.29 Å². The number of aldehydes is 1. The van der Waals surface area contributed by atoms with Gasteiger partial charge in [-0.05, 0) is 0 Å². The fraction of sp³-hybridized carbons (Fsp3) is 0.562. The third-order valence-electron chi connectivity index (χ3n) is 5.28. The van der Waals surface area contributed by atoms with E-state index in [1.54, 1.807) is 0 Å². The molecule has 0 amide bonds. The lowest BCUT2D eigenvalue weighted by molar-refractivity contribution is -0.162. The van der Waals surface area contributed by atoms with E-state index in [0.29, 0.717) is 0 Å². The minimum Gasteiger partial charge on any atom is -0.387 e. The summed E-state index contributed by atoms with van der Waals surface area (Å²) in [6.45, 7) is -1.09. The number of fused-ring (bicyclic) bond motifs is 1. The van der Waals surface area contributed by atoms with Crippen LogP contribution in [0.25, 0.3) is 11.2 Å². The Morgan fingerprint density at radius 1 is 1.18 bits per heavy atom. The van der Waals surface area contributed by atoms with E-state index in [-0.39, 0.29) is 23.4 Å². The number of aliphatic hydroxyl groups is 6. The van der Waals surface area contributed by atoms with Crippen LogP contribution in [-0.2, 0) is 36.8 Å². The molecule has 2 aromatic rings. The Morgan fingerprint density at radius 3 is 2.45 bits per heavy atom. The third kappa shape index (κ3) is 6.95. The monoisotopic (exact) mass is 619 g/mol. The highest BCUT2D eigenvalue weighted by molar-refractivity contribution is 7.61. The quantitative estimate of drug-likeness (QED) is 0.0783. The Balaban J connectivity index is 1.63. The summed E-state index contributed by atoms with van der Waals surface area (Å²) in [6.07, 6.45) is -16.0. The molecule has 22 nitrogen and oxygen atoms in total. The zero-order valence-corrected chi connectivity index (χ0v) is 21.3. The smallest absolute Gasteiger partial charge is 0.387 e. The number of carbonyl (C=O) groups excluding carboxylic acids is 2. The van der Waals surface area contributed by atoms with Crippen molar-refractivity contribution in [3.63, 3.8) is 0 Å². The topological polar surface area (TPSA) is 357 Å². The zero-order chi connectivity index (χ0) is 30.2. The highest BCUT2D eigenvalue weighted by Gasteiger charge is 2.47. The lowest BCUT2D eigenvalue weighted by Crippen LogP contribution is -2.48. The molecule has 1 aliphatic heterocycles. The number of hydrogen-bond acceptors (Lipinski definition) is 18. The molecule has 2 aromatic heterocycles. The van der Waals surface area contributed by atoms with Crippen molar-refractivity contribution in [3.8, 4) is 0 Å². The molecule has 0 spiro atoms. The van der Waals surface area contributed by atoms with E-state index in [9.17, 15) is 58.8 Å². The number of aromatic nitrogens is 4. The minimum atomic E-state index is -5.89. The van der Waals surface area contributed by atoms with Crippen LogP contribution in [0.5, 0.6) is 0 Å². The molecule has 224 valence electrons. The van der Waals surface area contributed by atoms with Crippen LogP contribution in [0.1, 0.15) is 6.23 Å². The number of phosphoric acid groups is 2. The molecule has 0 aromatic carbocycles. The van der Waals surface area contributed by atoms with E-state index in [2.05, 4.69) is 28.3 Å². The average Bonchev–Trinajstić information content (AvgIpc) is 3.40. The first kappa shape index (κ1) is 31.8. The molecule has 10 atom stereocenters. The maximum Gasteiger partial charge on any atom is 0.538 e. The molecule has 10 unspecified atom stereocenters. The second kappa shape index (κ2) is 12.0. The van der Waals surface area contributed by atoms with Gasteiger partial charge in [-0.15, -0.1) is 0 Å². The lowest BCUT2D eigenvalue weighted by atomic mass is 10.0. The van der Waals surface area contributed by atoms with Crippen LogP contribution in [0, 0.1) is 0 Å². The molecular formula is C16H23N5O17P2. The van der Waals surface area contributed by atoms with E-state index in [4.69, 9.17) is 15.6 Å². The number of carbonyl (C=O) groups is 2. The molecule has 1 aliphatic rings. The van der Waals surface area contributed by atoms with Gasteiger partial charge in [0.05, 0.1) is 12.9 Å². The fourth-order valence-corrected chi connectivity index (χ4v) is 5.38. The number of ether oxygens (including phenoxy) is 1. The first-order valence-electron chi connectivity index (χ1n) is 10.6. The minimum absolute atomic E-state index is 0.154.